The number of hydrogen-bond donors (Lipinski definition) is 0. The van der Waals surface area contributed by atoms with Gasteiger partial charge >= 0.3 is 0 Å². The second kappa shape index (κ2) is 5.72. The lowest BCUT2D eigenvalue weighted by Crippen LogP contribution is -2.07. The van der Waals surface area contributed by atoms with Crippen LogP contribution in [0.3, 0.4) is 0 Å². The number of rotatable bonds is 5. The highest BCUT2D eigenvalue weighted by Crippen LogP contribution is 2.16. The van der Waals surface area contributed by atoms with Gasteiger partial charge in [0, 0.05) is 19.0 Å². The first-order valence-corrected chi connectivity index (χ1v) is 4.39. The summed E-state index contributed by atoms with van der Waals surface area (Å²) in [6, 6.07) is 0. The third-order valence-corrected chi connectivity index (χ3v) is 1.55. The van der Waals surface area contributed by atoms with Crippen LogP contribution in [-0.4, -0.2) is 29.8 Å². The van der Waals surface area contributed by atoms with Crippen molar-refractivity contribution in [2.75, 3.05) is 19.8 Å². The van der Waals surface area contributed by atoms with Gasteiger partial charge in [0.25, 0.3) is 5.88 Å². The molecule has 1 aromatic rings. The maximum atomic E-state index is 5.70. The topological polar surface area (TPSA) is 44.2 Å². The van der Waals surface area contributed by atoms with Crippen molar-refractivity contribution < 1.29 is 9.47 Å². The van der Waals surface area contributed by atoms with E-state index in [9.17, 15) is 0 Å². The van der Waals surface area contributed by atoms with E-state index in [1.54, 1.807) is 0 Å². The molecule has 1 heterocycles. The first-order valence-electron chi connectivity index (χ1n) is 4.01. The van der Waals surface area contributed by atoms with Crippen molar-refractivity contribution in [1.82, 2.24) is 9.97 Å². The Bertz CT molecular complexity index is 258. The third-order valence-electron chi connectivity index (χ3n) is 1.29. The van der Waals surface area contributed by atoms with Gasteiger partial charge in [0.1, 0.15) is 6.61 Å². The minimum Gasteiger partial charge on any atom is -0.473 e. The van der Waals surface area contributed by atoms with Crippen LogP contribution in [0.2, 0.25) is 5.15 Å². The van der Waals surface area contributed by atoms with Gasteiger partial charge in [-0.2, -0.15) is 0 Å². The minimum absolute atomic E-state index is 0.277. The van der Waals surface area contributed by atoms with E-state index in [2.05, 4.69) is 9.97 Å². The van der Waals surface area contributed by atoms with E-state index >= 15 is 0 Å². The molecule has 0 aliphatic heterocycles. The van der Waals surface area contributed by atoms with Gasteiger partial charge < -0.3 is 9.47 Å². The molecule has 0 amide bonds. The maximum Gasteiger partial charge on any atom is 0.252 e. The molecule has 0 aliphatic rings. The lowest BCUT2D eigenvalue weighted by Gasteiger charge is -2.04. The lowest BCUT2D eigenvalue weighted by atomic mass is 10.7. The van der Waals surface area contributed by atoms with Gasteiger partial charge in [-0.15, -0.1) is 0 Å². The van der Waals surface area contributed by atoms with E-state index in [-0.39, 0.29) is 5.15 Å². The molecule has 0 N–H and O–H groups in total. The highest BCUT2D eigenvalue weighted by Gasteiger charge is 2.01. The van der Waals surface area contributed by atoms with Crippen molar-refractivity contribution in [2.24, 2.45) is 0 Å². The van der Waals surface area contributed by atoms with Crippen LogP contribution in [0.5, 0.6) is 5.88 Å². The number of hydrogen-bond acceptors (Lipinski definition) is 4. The van der Waals surface area contributed by atoms with Crippen LogP contribution in [0, 0.1) is 0 Å². The van der Waals surface area contributed by atoms with Crippen molar-refractivity contribution in [3.63, 3.8) is 0 Å². The molecule has 4 nitrogen and oxygen atoms in total. The predicted molar refractivity (Wildman–Crippen MR) is 49.0 cm³/mol. The summed E-state index contributed by atoms with van der Waals surface area (Å²) in [5, 5.41) is 0.277. The first-order chi connectivity index (χ1) is 6.34. The molecule has 0 fully saturated rings. The summed E-state index contributed by atoms with van der Waals surface area (Å²) < 4.78 is 10.3. The Morgan fingerprint density at radius 2 is 2.08 bits per heavy atom. The molecular weight excluding hydrogens is 192 g/mol. The number of halogens is 1. The molecule has 0 saturated heterocycles. The first kappa shape index (κ1) is 10.2. The number of aromatic nitrogens is 2. The van der Waals surface area contributed by atoms with E-state index in [1.807, 2.05) is 6.92 Å². The highest BCUT2D eigenvalue weighted by atomic mass is 35.5. The lowest BCUT2D eigenvalue weighted by molar-refractivity contribution is 0.108. The second-order valence-corrected chi connectivity index (χ2v) is 2.56. The maximum absolute atomic E-state index is 5.70. The molecule has 0 radical (unpaired) electrons. The summed E-state index contributed by atoms with van der Waals surface area (Å²) >= 11 is 5.70. The van der Waals surface area contributed by atoms with Gasteiger partial charge in [0.2, 0.25) is 0 Å². The standard InChI is InChI=1S/C8H11ClN2O2/c1-2-12-5-6-13-8-7(9)10-3-4-11-8/h3-4H,2,5-6H2,1H3. The van der Waals surface area contributed by atoms with Crippen LogP contribution in [0.25, 0.3) is 0 Å². The van der Waals surface area contributed by atoms with Gasteiger partial charge in [-0.25, -0.2) is 9.97 Å². The molecule has 13 heavy (non-hydrogen) atoms. The summed E-state index contributed by atoms with van der Waals surface area (Å²) in [5.74, 6) is 0.351. The minimum atomic E-state index is 0.277. The van der Waals surface area contributed by atoms with E-state index < -0.39 is 0 Å². The summed E-state index contributed by atoms with van der Waals surface area (Å²) in [7, 11) is 0. The Labute approximate surface area is 81.9 Å². The molecule has 0 unspecified atom stereocenters. The monoisotopic (exact) mass is 202 g/mol. The quantitative estimate of drug-likeness (QED) is 0.680. The molecule has 1 aromatic heterocycles. The van der Waals surface area contributed by atoms with E-state index in [4.69, 9.17) is 21.1 Å². The van der Waals surface area contributed by atoms with E-state index in [1.165, 1.54) is 12.4 Å². The zero-order chi connectivity index (χ0) is 9.52. The van der Waals surface area contributed by atoms with E-state index in [0.29, 0.717) is 25.7 Å². The summed E-state index contributed by atoms with van der Waals surface area (Å²) in [4.78, 5) is 7.72. The Morgan fingerprint density at radius 1 is 1.31 bits per heavy atom. The molecule has 1 rings (SSSR count). The van der Waals surface area contributed by atoms with Crippen molar-refractivity contribution in [1.29, 1.82) is 0 Å². The SMILES string of the molecule is CCOCCOc1nccnc1Cl. The molecule has 5 heteroatoms. The summed E-state index contributed by atoms with van der Waals surface area (Å²) in [5.41, 5.74) is 0. The number of nitrogens with zero attached hydrogens (tertiary/aromatic N) is 2. The zero-order valence-corrected chi connectivity index (χ0v) is 8.12. The van der Waals surface area contributed by atoms with Gasteiger partial charge in [0.15, 0.2) is 5.15 Å². The molecule has 0 saturated carbocycles. The zero-order valence-electron chi connectivity index (χ0n) is 7.36. The predicted octanol–water partition coefficient (Wildman–Crippen LogP) is 1.55. The van der Waals surface area contributed by atoms with Crippen LogP contribution >= 0.6 is 11.6 Å². The van der Waals surface area contributed by atoms with Crippen molar-refractivity contribution in [3.05, 3.63) is 17.5 Å². The van der Waals surface area contributed by atoms with Crippen LogP contribution < -0.4 is 4.74 Å². The molecule has 0 atom stereocenters. The Morgan fingerprint density at radius 3 is 2.77 bits per heavy atom. The van der Waals surface area contributed by atoms with E-state index in [0.717, 1.165) is 0 Å². The van der Waals surface area contributed by atoms with Gasteiger partial charge in [-0.1, -0.05) is 11.6 Å². The number of ether oxygens (including phenoxy) is 2. The fourth-order valence-corrected chi connectivity index (χ4v) is 0.906. The molecular formula is C8H11ClN2O2. The second-order valence-electron chi connectivity index (χ2n) is 2.20. The smallest absolute Gasteiger partial charge is 0.252 e. The molecule has 0 bridgehead atoms. The highest BCUT2D eigenvalue weighted by molar-refractivity contribution is 6.30. The largest absolute Gasteiger partial charge is 0.473 e. The molecule has 0 spiro atoms. The van der Waals surface area contributed by atoms with Crippen LogP contribution in [-0.2, 0) is 4.74 Å². The van der Waals surface area contributed by atoms with Crippen LogP contribution in [0.15, 0.2) is 12.4 Å². The average molecular weight is 203 g/mol. The van der Waals surface area contributed by atoms with Crippen molar-refractivity contribution >= 4 is 11.6 Å². The van der Waals surface area contributed by atoms with Gasteiger partial charge in [-0.05, 0) is 6.92 Å². The fourth-order valence-electron chi connectivity index (χ4n) is 0.747. The average Bonchev–Trinajstić information content (AvgIpc) is 2.15. The summed E-state index contributed by atoms with van der Waals surface area (Å²) in [6.45, 7) is 3.57. The Balaban J connectivity index is 2.32. The van der Waals surface area contributed by atoms with Gasteiger partial charge in [0.05, 0.1) is 6.61 Å². The molecule has 72 valence electrons. The fraction of sp³-hybridized carbons (Fsp3) is 0.500. The normalized spacial score (nSPS) is 10.0. The summed E-state index contributed by atoms with van der Waals surface area (Å²) in [6.07, 6.45) is 3.04. The van der Waals surface area contributed by atoms with Crippen molar-refractivity contribution in [2.45, 2.75) is 6.92 Å². The third kappa shape index (κ3) is 3.57. The van der Waals surface area contributed by atoms with Crippen molar-refractivity contribution in [3.8, 4) is 5.88 Å². The molecule has 0 aliphatic carbocycles. The molecule has 0 aromatic carbocycles. The Kier molecular flexibility index (Phi) is 4.49. The van der Waals surface area contributed by atoms with Crippen LogP contribution in [0.1, 0.15) is 6.92 Å². The van der Waals surface area contributed by atoms with Gasteiger partial charge in [-0.3, -0.25) is 0 Å². The van der Waals surface area contributed by atoms with Crippen LogP contribution in [0.4, 0.5) is 0 Å². The Hall–Kier alpha value is -0.870.